The molecule has 1 aliphatic rings. The smallest absolute Gasteiger partial charge is 0.317 e. The second kappa shape index (κ2) is 4.47. The summed E-state index contributed by atoms with van der Waals surface area (Å²) in [6.45, 7) is 1.50. The SMILES string of the molecule is CC1(C(=O)Oc2c(F)c(F)c(F)c(F)c2F)CCC1. The van der Waals surface area contributed by atoms with Crippen molar-refractivity contribution < 1.29 is 31.5 Å². The molecule has 1 aliphatic carbocycles. The van der Waals surface area contributed by atoms with Gasteiger partial charge >= 0.3 is 5.97 Å². The molecule has 2 nitrogen and oxygen atoms in total. The Hall–Kier alpha value is -1.66. The molecule has 2 rings (SSSR count). The number of benzene rings is 1. The van der Waals surface area contributed by atoms with Gasteiger partial charge in [-0.2, -0.15) is 8.78 Å². The maximum atomic E-state index is 13.3. The molecule has 1 saturated carbocycles. The maximum absolute atomic E-state index is 13.3. The molecular formula is C12H9F5O2. The quantitative estimate of drug-likeness (QED) is 0.272. The van der Waals surface area contributed by atoms with Gasteiger partial charge in [-0.25, -0.2) is 13.2 Å². The monoisotopic (exact) mass is 280 g/mol. The van der Waals surface area contributed by atoms with E-state index >= 15 is 0 Å². The topological polar surface area (TPSA) is 26.3 Å². The van der Waals surface area contributed by atoms with Crippen LogP contribution in [0.4, 0.5) is 22.0 Å². The van der Waals surface area contributed by atoms with Crippen LogP contribution in [0.5, 0.6) is 5.75 Å². The third-order valence-electron chi connectivity index (χ3n) is 3.31. The average molecular weight is 280 g/mol. The molecule has 1 fully saturated rings. The summed E-state index contributed by atoms with van der Waals surface area (Å²) in [7, 11) is 0. The third kappa shape index (κ3) is 2.06. The molecule has 0 heterocycles. The number of hydrogen-bond donors (Lipinski definition) is 0. The maximum Gasteiger partial charge on any atom is 0.317 e. The van der Waals surface area contributed by atoms with Crippen molar-refractivity contribution in [2.24, 2.45) is 5.41 Å². The van der Waals surface area contributed by atoms with Gasteiger partial charge in [-0.15, -0.1) is 0 Å². The summed E-state index contributed by atoms with van der Waals surface area (Å²) in [5.41, 5.74) is -0.930. The summed E-state index contributed by atoms with van der Waals surface area (Å²) < 4.78 is 69.5. The summed E-state index contributed by atoms with van der Waals surface area (Å²) in [4.78, 5) is 11.6. The van der Waals surface area contributed by atoms with E-state index in [0.717, 1.165) is 6.42 Å². The van der Waals surface area contributed by atoms with Crippen molar-refractivity contribution in [2.75, 3.05) is 0 Å². The Kier molecular flexibility index (Phi) is 3.24. The second-order valence-electron chi connectivity index (χ2n) is 4.70. The van der Waals surface area contributed by atoms with E-state index in [4.69, 9.17) is 0 Å². The fourth-order valence-corrected chi connectivity index (χ4v) is 1.80. The number of carbonyl (C=O) groups is 1. The molecule has 0 aliphatic heterocycles. The summed E-state index contributed by atoms with van der Waals surface area (Å²) in [6, 6.07) is 0. The van der Waals surface area contributed by atoms with Gasteiger partial charge in [-0.05, 0) is 19.8 Å². The fourth-order valence-electron chi connectivity index (χ4n) is 1.80. The minimum atomic E-state index is -2.29. The van der Waals surface area contributed by atoms with Crippen LogP contribution in [0.25, 0.3) is 0 Å². The van der Waals surface area contributed by atoms with E-state index in [1.165, 1.54) is 6.92 Å². The number of halogens is 5. The van der Waals surface area contributed by atoms with E-state index in [9.17, 15) is 26.7 Å². The predicted octanol–water partition coefficient (Wildman–Crippen LogP) is 3.48. The van der Waals surface area contributed by atoms with Crippen LogP contribution in [0.2, 0.25) is 0 Å². The van der Waals surface area contributed by atoms with Crippen molar-refractivity contribution in [3.63, 3.8) is 0 Å². The molecule has 0 saturated heterocycles. The van der Waals surface area contributed by atoms with Crippen LogP contribution in [0.3, 0.4) is 0 Å². The van der Waals surface area contributed by atoms with Crippen LogP contribution >= 0.6 is 0 Å². The largest absolute Gasteiger partial charge is 0.420 e. The molecule has 1 aromatic rings. The van der Waals surface area contributed by atoms with Crippen molar-refractivity contribution in [1.29, 1.82) is 0 Å². The highest BCUT2D eigenvalue weighted by Crippen LogP contribution is 2.42. The van der Waals surface area contributed by atoms with E-state index in [0.29, 0.717) is 12.8 Å². The molecule has 19 heavy (non-hydrogen) atoms. The Balaban J connectivity index is 2.38. The number of carbonyl (C=O) groups excluding carboxylic acids is 1. The zero-order chi connectivity index (χ0) is 14.4. The first-order chi connectivity index (χ1) is 8.78. The molecule has 0 amide bonds. The lowest BCUT2D eigenvalue weighted by molar-refractivity contribution is -0.150. The van der Waals surface area contributed by atoms with Crippen LogP contribution in [0.15, 0.2) is 0 Å². The molecule has 0 aromatic heterocycles. The van der Waals surface area contributed by atoms with E-state index in [-0.39, 0.29) is 0 Å². The van der Waals surface area contributed by atoms with Gasteiger partial charge in [0.2, 0.25) is 34.8 Å². The Morgan fingerprint density at radius 1 is 0.947 bits per heavy atom. The standard InChI is InChI=1S/C12H9F5O2/c1-12(3-2-4-12)11(18)19-10-8(16)6(14)5(13)7(15)9(10)17/h2-4H2,1H3. The van der Waals surface area contributed by atoms with Crippen LogP contribution < -0.4 is 4.74 Å². The van der Waals surface area contributed by atoms with Crippen molar-refractivity contribution in [2.45, 2.75) is 26.2 Å². The number of hydrogen-bond acceptors (Lipinski definition) is 2. The van der Waals surface area contributed by atoms with Crippen molar-refractivity contribution in [3.8, 4) is 5.75 Å². The molecule has 0 unspecified atom stereocenters. The first-order valence-electron chi connectivity index (χ1n) is 5.51. The van der Waals surface area contributed by atoms with E-state index < -0.39 is 46.2 Å². The lowest BCUT2D eigenvalue weighted by Gasteiger charge is -2.35. The van der Waals surface area contributed by atoms with Crippen LogP contribution in [0, 0.1) is 34.5 Å². The number of ether oxygens (including phenoxy) is 1. The lowest BCUT2D eigenvalue weighted by atomic mass is 9.70. The van der Waals surface area contributed by atoms with Crippen molar-refractivity contribution >= 4 is 5.97 Å². The number of rotatable bonds is 2. The van der Waals surface area contributed by atoms with Gasteiger partial charge in [-0.1, -0.05) is 6.42 Å². The normalized spacial score (nSPS) is 16.9. The van der Waals surface area contributed by atoms with Crippen LogP contribution in [-0.2, 0) is 4.79 Å². The molecule has 1 aromatic carbocycles. The van der Waals surface area contributed by atoms with Crippen LogP contribution in [-0.4, -0.2) is 5.97 Å². The van der Waals surface area contributed by atoms with Crippen LogP contribution in [0.1, 0.15) is 26.2 Å². The summed E-state index contributed by atoms with van der Waals surface area (Å²) in [6.07, 6.45) is 1.63. The van der Waals surface area contributed by atoms with Gasteiger partial charge in [0.05, 0.1) is 5.41 Å². The molecule has 104 valence electrons. The molecular weight excluding hydrogens is 271 g/mol. The lowest BCUT2D eigenvalue weighted by Crippen LogP contribution is -2.38. The fraction of sp³-hybridized carbons (Fsp3) is 0.417. The summed E-state index contributed by atoms with van der Waals surface area (Å²) in [5.74, 6) is -13.4. The van der Waals surface area contributed by atoms with E-state index in [2.05, 4.69) is 4.74 Å². The first-order valence-corrected chi connectivity index (χ1v) is 5.51. The highest BCUT2D eigenvalue weighted by atomic mass is 19.2. The Bertz CT molecular complexity index is 523. The molecule has 0 atom stereocenters. The minimum Gasteiger partial charge on any atom is -0.420 e. The van der Waals surface area contributed by atoms with Gasteiger partial charge < -0.3 is 4.74 Å². The molecule has 0 spiro atoms. The van der Waals surface area contributed by atoms with Gasteiger partial charge in [0.25, 0.3) is 0 Å². The number of esters is 1. The van der Waals surface area contributed by atoms with E-state index in [1.807, 2.05) is 0 Å². The Morgan fingerprint density at radius 2 is 1.37 bits per heavy atom. The van der Waals surface area contributed by atoms with Gasteiger partial charge in [-0.3, -0.25) is 4.79 Å². The van der Waals surface area contributed by atoms with Crippen molar-refractivity contribution in [1.82, 2.24) is 0 Å². The summed E-state index contributed by atoms with van der Waals surface area (Å²) in [5, 5.41) is 0. The van der Waals surface area contributed by atoms with Gasteiger partial charge in [0.15, 0.2) is 0 Å². The molecule has 0 N–H and O–H groups in total. The molecule has 7 heteroatoms. The highest BCUT2D eigenvalue weighted by molar-refractivity contribution is 5.79. The highest BCUT2D eigenvalue weighted by Gasteiger charge is 2.42. The minimum absolute atomic E-state index is 0.446. The Morgan fingerprint density at radius 3 is 1.74 bits per heavy atom. The summed E-state index contributed by atoms with van der Waals surface area (Å²) >= 11 is 0. The molecule has 0 radical (unpaired) electrons. The molecule has 0 bridgehead atoms. The first kappa shape index (κ1) is 13.8. The van der Waals surface area contributed by atoms with E-state index in [1.54, 1.807) is 0 Å². The zero-order valence-electron chi connectivity index (χ0n) is 9.83. The second-order valence-corrected chi connectivity index (χ2v) is 4.70. The predicted molar refractivity (Wildman–Crippen MR) is 53.8 cm³/mol. The van der Waals surface area contributed by atoms with Crippen molar-refractivity contribution in [3.05, 3.63) is 29.1 Å². The zero-order valence-corrected chi connectivity index (χ0v) is 9.83. The average Bonchev–Trinajstić information content (AvgIpc) is 2.36. The van der Waals surface area contributed by atoms with Gasteiger partial charge in [0, 0.05) is 0 Å². The third-order valence-corrected chi connectivity index (χ3v) is 3.31. The Labute approximate surface area is 105 Å². The van der Waals surface area contributed by atoms with Gasteiger partial charge in [0.1, 0.15) is 0 Å².